The molecule has 0 bridgehead atoms. The minimum atomic E-state index is 0.658. The second-order valence-corrected chi connectivity index (χ2v) is 6.16. The van der Waals surface area contributed by atoms with Crippen molar-refractivity contribution in [1.82, 2.24) is 20.0 Å². The van der Waals surface area contributed by atoms with Crippen molar-refractivity contribution < 1.29 is 0 Å². The van der Waals surface area contributed by atoms with Crippen molar-refractivity contribution >= 4 is 15.9 Å². The standard InChI is InChI=1S/C14H25BrN4/c1-4-12-14(15)13(18(3)17-12)10-19-8-6-5-7-11(19)9-16-2/h11,16H,4-10H2,1-3H3. The van der Waals surface area contributed by atoms with E-state index in [1.54, 1.807) is 0 Å². The molecular formula is C14H25BrN4. The highest BCUT2D eigenvalue weighted by molar-refractivity contribution is 9.10. The maximum absolute atomic E-state index is 4.59. The molecule has 1 aliphatic rings. The van der Waals surface area contributed by atoms with Crippen LogP contribution in [0.15, 0.2) is 4.47 Å². The Kier molecular flexibility index (Phi) is 5.42. The average Bonchev–Trinajstić information content (AvgIpc) is 2.68. The van der Waals surface area contributed by atoms with Gasteiger partial charge >= 0.3 is 0 Å². The van der Waals surface area contributed by atoms with Gasteiger partial charge in [-0.1, -0.05) is 13.3 Å². The van der Waals surface area contributed by atoms with Crippen molar-refractivity contribution in [2.24, 2.45) is 7.05 Å². The summed E-state index contributed by atoms with van der Waals surface area (Å²) in [5.41, 5.74) is 2.47. The van der Waals surface area contributed by atoms with Crippen LogP contribution in [0.4, 0.5) is 0 Å². The Morgan fingerprint density at radius 2 is 2.21 bits per heavy atom. The predicted octanol–water partition coefficient (Wildman–Crippen LogP) is 2.32. The minimum absolute atomic E-state index is 0.658. The quantitative estimate of drug-likeness (QED) is 0.900. The summed E-state index contributed by atoms with van der Waals surface area (Å²) in [5.74, 6) is 0. The molecule has 1 saturated heterocycles. The molecule has 1 N–H and O–H groups in total. The van der Waals surface area contributed by atoms with Crippen molar-refractivity contribution in [1.29, 1.82) is 0 Å². The van der Waals surface area contributed by atoms with Crippen LogP contribution in [0.1, 0.15) is 37.6 Å². The van der Waals surface area contributed by atoms with E-state index in [-0.39, 0.29) is 0 Å². The van der Waals surface area contributed by atoms with Crippen LogP contribution < -0.4 is 5.32 Å². The van der Waals surface area contributed by atoms with Gasteiger partial charge in [0.05, 0.1) is 15.9 Å². The molecule has 108 valence electrons. The summed E-state index contributed by atoms with van der Waals surface area (Å²) in [6, 6.07) is 0.658. The number of rotatable bonds is 5. The highest BCUT2D eigenvalue weighted by Crippen LogP contribution is 2.26. The van der Waals surface area contributed by atoms with Gasteiger partial charge in [-0.05, 0) is 48.8 Å². The Morgan fingerprint density at radius 1 is 1.42 bits per heavy atom. The summed E-state index contributed by atoms with van der Waals surface area (Å²) >= 11 is 3.72. The largest absolute Gasteiger partial charge is 0.318 e. The van der Waals surface area contributed by atoms with Crippen LogP contribution >= 0.6 is 15.9 Å². The zero-order valence-corrected chi connectivity index (χ0v) is 13.8. The number of hydrogen-bond donors (Lipinski definition) is 1. The van der Waals surface area contributed by atoms with Gasteiger partial charge in [0.15, 0.2) is 0 Å². The van der Waals surface area contributed by atoms with Crippen molar-refractivity contribution in [3.63, 3.8) is 0 Å². The normalized spacial score (nSPS) is 20.9. The molecule has 0 aliphatic carbocycles. The Hall–Kier alpha value is -0.390. The fourth-order valence-electron chi connectivity index (χ4n) is 2.92. The van der Waals surface area contributed by atoms with Gasteiger partial charge in [-0.15, -0.1) is 0 Å². The molecule has 0 aromatic carbocycles. The van der Waals surface area contributed by atoms with Crippen LogP contribution in [-0.2, 0) is 20.0 Å². The molecule has 1 aromatic heterocycles. The Labute approximate surface area is 124 Å². The lowest BCUT2D eigenvalue weighted by Crippen LogP contribution is -2.44. The van der Waals surface area contributed by atoms with Crippen molar-refractivity contribution in [2.45, 2.75) is 45.2 Å². The van der Waals surface area contributed by atoms with Gasteiger partial charge in [0.25, 0.3) is 0 Å². The van der Waals surface area contributed by atoms with E-state index >= 15 is 0 Å². The molecule has 19 heavy (non-hydrogen) atoms. The van der Waals surface area contributed by atoms with Crippen LogP contribution in [-0.4, -0.2) is 40.9 Å². The monoisotopic (exact) mass is 328 g/mol. The topological polar surface area (TPSA) is 33.1 Å². The molecular weight excluding hydrogens is 304 g/mol. The van der Waals surface area contributed by atoms with Crippen molar-refractivity contribution in [2.75, 3.05) is 20.1 Å². The van der Waals surface area contributed by atoms with E-state index < -0.39 is 0 Å². The summed E-state index contributed by atoms with van der Waals surface area (Å²) in [6.45, 7) is 5.43. The fraction of sp³-hybridized carbons (Fsp3) is 0.786. The molecule has 0 amide bonds. The second kappa shape index (κ2) is 6.86. The van der Waals surface area contributed by atoms with Crippen LogP contribution in [0.2, 0.25) is 0 Å². The summed E-state index contributed by atoms with van der Waals surface area (Å²) in [5, 5.41) is 7.92. The van der Waals surface area contributed by atoms with Gasteiger partial charge in [-0.2, -0.15) is 5.10 Å². The molecule has 4 nitrogen and oxygen atoms in total. The molecule has 2 rings (SSSR count). The van der Waals surface area contributed by atoms with E-state index in [4.69, 9.17) is 0 Å². The number of hydrogen-bond acceptors (Lipinski definition) is 3. The Morgan fingerprint density at radius 3 is 2.84 bits per heavy atom. The van der Waals surface area contributed by atoms with Crippen LogP contribution in [0.5, 0.6) is 0 Å². The lowest BCUT2D eigenvalue weighted by molar-refractivity contribution is 0.135. The summed E-state index contributed by atoms with van der Waals surface area (Å²) in [6.07, 6.45) is 4.96. The van der Waals surface area contributed by atoms with Crippen molar-refractivity contribution in [3.8, 4) is 0 Å². The molecule has 1 atom stereocenters. The zero-order chi connectivity index (χ0) is 13.8. The molecule has 1 aliphatic heterocycles. The average molecular weight is 329 g/mol. The predicted molar refractivity (Wildman–Crippen MR) is 82.3 cm³/mol. The number of piperidine rings is 1. The first-order valence-corrected chi connectivity index (χ1v) is 8.05. The van der Waals surface area contributed by atoms with E-state index in [1.165, 1.54) is 41.7 Å². The van der Waals surface area contributed by atoms with Gasteiger partial charge in [-0.3, -0.25) is 9.58 Å². The first-order valence-electron chi connectivity index (χ1n) is 7.26. The summed E-state index contributed by atoms with van der Waals surface area (Å²) in [7, 11) is 4.10. The molecule has 2 heterocycles. The summed E-state index contributed by atoms with van der Waals surface area (Å²) in [4.78, 5) is 2.60. The summed E-state index contributed by atoms with van der Waals surface area (Å²) < 4.78 is 3.24. The molecule has 5 heteroatoms. The highest BCUT2D eigenvalue weighted by Gasteiger charge is 2.24. The molecule has 0 radical (unpaired) electrons. The number of likely N-dealkylation sites (tertiary alicyclic amines) is 1. The zero-order valence-electron chi connectivity index (χ0n) is 12.2. The Bertz CT molecular complexity index is 414. The van der Waals surface area contributed by atoms with Gasteiger partial charge in [0.2, 0.25) is 0 Å². The van der Waals surface area contributed by atoms with E-state index in [9.17, 15) is 0 Å². The number of nitrogens with zero attached hydrogens (tertiary/aromatic N) is 3. The van der Waals surface area contributed by atoms with Gasteiger partial charge in [0, 0.05) is 26.2 Å². The van der Waals surface area contributed by atoms with Crippen LogP contribution in [0.3, 0.4) is 0 Å². The van der Waals surface area contributed by atoms with Gasteiger partial charge in [-0.25, -0.2) is 0 Å². The Balaban J connectivity index is 2.12. The second-order valence-electron chi connectivity index (χ2n) is 5.36. The molecule has 0 saturated carbocycles. The van der Waals surface area contributed by atoms with Crippen LogP contribution in [0, 0.1) is 0 Å². The lowest BCUT2D eigenvalue weighted by atomic mass is 10.0. The first kappa shape index (κ1) is 15.0. The third-order valence-electron chi connectivity index (χ3n) is 4.04. The fourth-order valence-corrected chi connectivity index (χ4v) is 3.66. The van der Waals surface area contributed by atoms with E-state index in [2.05, 4.69) is 45.2 Å². The van der Waals surface area contributed by atoms with E-state index in [0.29, 0.717) is 6.04 Å². The lowest BCUT2D eigenvalue weighted by Gasteiger charge is -2.35. The molecule has 1 aromatic rings. The van der Waals surface area contributed by atoms with E-state index in [1.807, 2.05) is 11.7 Å². The smallest absolute Gasteiger partial charge is 0.0767 e. The SMILES string of the molecule is CCc1nn(C)c(CN2CCCCC2CNC)c1Br. The first-order chi connectivity index (χ1) is 9.17. The molecule has 1 unspecified atom stereocenters. The van der Waals surface area contributed by atoms with Gasteiger partial charge < -0.3 is 5.32 Å². The minimum Gasteiger partial charge on any atom is -0.318 e. The van der Waals surface area contributed by atoms with E-state index in [0.717, 1.165) is 19.5 Å². The maximum atomic E-state index is 4.59. The van der Waals surface area contributed by atoms with Crippen LogP contribution in [0.25, 0.3) is 0 Å². The third-order valence-corrected chi connectivity index (χ3v) is 4.96. The number of aryl methyl sites for hydroxylation is 2. The highest BCUT2D eigenvalue weighted by atomic mass is 79.9. The number of nitrogens with one attached hydrogen (secondary N) is 1. The number of aromatic nitrogens is 2. The molecule has 0 spiro atoms. The maximum Gasteiger partial charge on any atom is 0.0767 e. The number of halogens is 1. The number of likely N-dealkylation sites (N-methyl/N-ethyl adjacent to an activating group) is 1. The third kappa shape index (κ3) is 3.38. The molecule has 1 fully saturated rings. The van der Waals surface area contributed by atoms with Gasteiger partial charge in [0.1, 0.15) is 0 Å². The van der Waals surface area contributed by atoms with Crippen molar-refractivity contribution in [3.05, 3.63) is 15.9 Å².